The van der Waals surface area contributed by atoms with Gasteiger partial charge in [0, 0.05) is 49.6 Å². The van der Waals surface area contributed by atoms with Crippen molar-refractivity contribution < 1.29 is 34.1 Å². The SMILES string of the molecule is CC(=O)O[C@@H]1C[C@H](N2C[C@@H](C(C)C)C2=O)[C@H](O)[C@@H]2CC[C@@H]3[C@H]([C@H](OC(=O)CC(C)C)C[C@]4(C)[C@@H]([C@H](C)N(C)C)[C@@H](O)C[C@@H]34)[C@@]12C. The quantitative estimate of drug-likeness (QED) is 0.303. The molecule has 14 atom stereocenters. The van der Waals surface area contributed by atoms with Gasteiger partial charge in [0.15, 0.2) is 0 Å². The summed E-state index contributed by atoms with van der Waals surface area (Å²) in [6.45, 7) is 16.8. The second kappa shape index (κ2) is 12.4. The van der Waals surface area contributed by atoms with Gasteiger partial charge in [-0.25, -0.2) is 0 Å². The van der Waals surface area contributed by atoms with E-state index in [1.165, 1.54) is 6.92 Å². The fourth-order valence-corrected chi connectivity index (χ4v) is 11.3. The van der Waals surface area contributed by atoms with Crippen molar-refractivity contribution in [3.05, 3.63) is 0 Å². The van der Waals surface area contributed by atoms with Gasteiger partial charge in [-0.1, -0.05) is 41.5 Å². The van der Waals surface area contributed by atoms with Gasteiger partial charge in [-0.15, -0.1) is 0 Å². The monoisotopic (exact) mass is 632 g/mol. The van der Waals surface area contributed by atoms with Crippen LogP contribution in [0.15, 0.2) is 0 Å². The highest BCUT2D eigenvalue weighted by Crippen LogP contribution is 2.69. The van der Waals surface area contributed by atoms with Gasteiger partial charge in [-0.3, -0.25) is 14.4 Å². The van der Waals surface area contributed by atoms with E-state index in [2.05, 4.69) is 53.6 Å². The van der Waals surface area contributed by atoms with Crippen LogP contribution in [0.25, 0.3) is 0 Å². The number of fused-ring (bicyclic) bond motifs is 5. The Bertz CT molecular complexity index is 1140. The van der Waals surface area contributed by atoms with Gasteiger partial charge in [0.25, 0.3) is 0 Å². The van der Waals surface area contributed by atoms with Crippen LogP contribution in [-0.4, -0.2) is 95.0 Å². The number of esters is 2. The lowest BCUT2D eigenvalue weighted by molar-refractivity contribution is -0.251. The summed E-state index contributed by atoms with van der Waals surface area (Å²) in [5.74, 6) is -0.201. The summed E-state index contributed by atoms with van der Waals surface area (Å²) in [7, 11) is 4.11. The number of hydrogen-bond acceptors (Lipinski definition) is 8. The molecule has 0 radical (unpaired) electrons. The maximum atomic E-state index is 13.4. The molecule has 0 unspecified atom stereocenters. The molecule has 4 aliphatic carbocycles. The summed E-state index contributed by atoms with van der Waals surface area (Å²) in [6.07, 6.45) is 1.35. The van der Waals surface area contributed by atoms with Gasteiger partial charge in [0.05, 0.1) is 24.2 Å². The van der Waals surface area contributed by atoms with Crippen LogP contribution in [0, 0.1) is 58.2 Å². The van der Waals surface area contributed by atoms with Crippen molar-refractivity contribution in [1.82, 2.24) is 9.80 Å². The number of ether oxygens (including phenoxy) is 2. The molecule has 0 aromatic rings. The van der Waals surface area contributed by atoms with Crippen molar-refractivity contribution in [3.63, 3.8) is 0 Å². The smallest absolute Gasteiger partial charge is 0.306 e. The zero-order valence-electron chi connectivity index (χ0n) is 29.4. The number of rotatable bonds is 8. The number of aliphatic hydroxyl groups excluding tert-OH is 2. The molecule has 9 heteroatoms. The zero-order valence-corrected chi connectivity index (χ0v) is 29.4. The highest BCUT2D eigenvalue weighted by Gasteiger charge is 2.70. The Balaban J connectivity index is 1.56. The lowest BCUT2D eigenvalue weighted by Gasteiger charge is -2.66. The van der Waals surface area contributed by atoms with Crippen molar-refractivity contribution in [2.45, 2.75) is 130 Å². The molecule has 256 valence electrons. The molecule has 5 aliphatic rings. The molecule has 1 heterocycles. The first-order valence-corrected chi connectivity index (χ1v) is 17.6. The van der Waals surface area contributed by atoms with Crippen LogP contribution in [0.5, 0.6) is 0 Å². The largest absolute Gasteiger partial charge is 0.462 e. The summed E-state index contributed by atoms with van der Waals surface area (Å²) in [5, 5.41) is 23.7. The fourth-order valence-electron chi connectivity index (χ4n) is 11.3. The number of β-lactam (4-membered cyclic amide) rings is 1. The van der Waals surface area contributed by atoms with Crippen molar-refractivity contribution in [2.75, 3.05) is 20.6 Å². The van der Waals surface area contributed by atoms with Crippen LogP contribution in [-0.2, 0) is 23.9 Å². The lowest BCUT2D eigenvalue weighted by Crippen LogP contribution is -2.72. The second-order valence-corrected chi connectivity index (χ2v) is 16.9. The number of likely N-dealkylation sites (tertiary alicyclic amines) is 1. The number of amides is 1. The van der Waals surface area contributed by atoms with Crippen molar-refractivity contribution in [2.24, 2.45) is 58.2 Å². The van der Waals surface area contributed by atoms with E-state index in [1.807, 2.05) is 18.7 Å². The number of carbonyl (C=O) groups excluding carboxylic acids is 3. The number of hydrogen-bond donors (Lipinski definition) is 2. The lowest BCUT2D eigenvalue weighted by atomic mass is 9.42. The van der Waals surface area contributed by atoms with Crippen LogP contribution >= 0.6 is 0 Å². The van der Waals surface area contributed by atoms with Crippen LogP contribution in [0.1, 0.15) is 93.9 Å². The van der Waals surface area contributed by atoms with E-state index < -0.39 is 35.9 Å². The van der Waals surface area contributed by atoms with E-state index in [1.54, 1.807) is 0 Å². The molecule has 0 aromatic heterocycles. The first-order valence-electron chi connectivity index (χ1n) is 17.6. The summed E-state index contributed by atoms with van der Waals surface area (Å²) in [5.41, 5.74) is -0.922. The first-order chi connectivity index (χ1) is 20.9. The van der Waals surface area contributed by atoms with E-state index in [-0.39, 0.29) is 76.6 Å². The highest BCUT2D eigenvalue weighted by molar-refractivity contribution is 5.85. The third-order valence-electron chi connectivity index (χ3n) is 13.5. The highest BCUT2D eigenvalue weighted by atomic mass is 16.6. The molecule has 0 bridgehead atoms. The van der Waals surface area contributed by atoms with E-state index in [9.17, 15) is 24.6 Å². The van der Waals surface area contributed by atoms with E-state index >= 15 is 0 Å². The molecule has 45 heavy (non-hydrogen) atoms. The normalized spacial score (nSPS) is 45.1. The van der Waals surface area contributed by atoms with E-state index in [0.717, 1.165) is 12.8 Å². The van der Waals surface area contributed by atoms with Gasteiger partial charge < -0.3 is 29.5 Å². The predicted octanol–water partition coefficient (Wildman–Crippen LogP) is 4.13. The molecule has 0 aromatic carbocycles. The topological polar surface area (TPSA) is 117 Å². The molecular formula is C36H60N2O7. The summed E-state index contributed by atoms with van der Waals surface area (Å²) in [4.78, 5) is 43.4. The molecular weight excluding hydrogens is 572 g/mol. The summed E-state index contributed by atoms with van der Waals surface area (Å²) < 4.78 is 12.7. The summed E-state index contributed by atoms with van der Waals surface area (Å²) in [6, 6.07) is -0.277. The van der Waals surface area contributed by atoms with Gasteiger partial charge in [-0.05, 0) is 81.7 Å². The van der Waals surface area contributed by atoms with Crippen LogP contribution < -0.4 is 0 Å². The van der Waals surface area contributed by atoms with E-state index in [0.29, 0.717) is 32.2 Å². The molecule has 0 spiro atoms. The molecule has 5 fully saturated rings. The van der Waals surface area contributed by atoms with Crippen LogP contribution in [0.3, 0.4) is 0 Å². The molecule has 5 rings (SSSR count). The van der Waals surface area contributed by atoms with E-state index in [4.69, 9.17) is 9.47 Å². The van der Waals surface area contributed by atoms with Crippen molar-refractivity contribution >= 4 is 17.8 Å². The zero-order chi connectivity index (χ0) is 33.3. The molecule has 4 saturated carbocycles. The van der Waals surface area contributed by atoms with Crippen LogP contribution in [0.2, 0.25) is 0 Å². The minimum Gasteiger partial charge on any atom is -0.462 e. The Kier molecular flexibility index (Phi) is 9.53. The number of nitrogens with zero attached hydrogens (tertiary/aromatic N) is 2. The number of aliphatic hydroxyl groups is 2. The van der Waals surface area contributed by atoms with Gasteiger partial charge in [0.1, 0.15) is 12.2 Å². The molecule has 1 saturated heterocycles. The fraction of sp³-hybridized carbons (Fsp3) is 0.917. The molecule has 1 aliphatic heterocycles. The maximum absolute atomic E-state index is 13.4. The Morgan fingerprint density at radius 1 is 1.02 bits per heavy atom. The molecule has 1 amide bonds. The standard InChI is InChI=1S/C36H60N2O7/c1-18(2)13-30(41)45-28-16-35(7)25(14-27(40)31(35)20(5)37(9)10)22-11-12-24-33(42)26(38-17-23(19(3)4)34(38)43)15-29(44-21(6)39)36(24,8)32(22)28/h18-20,22-29,31-33,40,42H,11-17H2,1-10H3/t20-,22-,23-,24-,25-,26-,27-,28+,29+,31-,32+,33+,35-,36+/m0/s1. The molecule has 9 nitrogen and oxygen atoms in total. The first kappa shape index (κ1) is 34.6. The van der Waals surface area contributed by atoms with Crippen molar-refractivity contribution in [3.8, 4) is 0 Å². The third kappa shape index (κ3) is 5.64. The molecule has 2 N–H and O–H groups in total. The minimum absolute atomic E-state index is 0.0206. The Morgan fingerprint density at radius 2 is 1.69 bits per heavy atom. The maximum Gasteiger partial charge on any atom is 0.306 e. The third-order valence-corrected chi connectivity index (χ3v) is 13.5. The van der Waals surface area contributed by atoms with Gasteiger partial charge in [-0.2, -0.15) is 0 Å². The predicted molar refractivity (Wildman–Crippen MR) is 171 cm³/mol. The minimum atomic E-state index is -0.768. The average molecular weight is 633 g/mol. The van der Waals surface area contributed by atoms with Crippen molar-refractivity contribution in [1.29, 1.82) is 0 Å². The summed E-state index contributed by atoms with van der Waals surface area (Å²) >= 11 is 0. The van der Waals surface area contributed by atoms with Crippen LogP contribution in [0.4, 0.5) is 0 Å². The Hall–Kier alpha value is -1.71. The number of carbonyl (C=O) groups is 3. The average Bonchev–Trinajstić information content (AvgIpc) is 3.18. The Morgan fingerprint density at radius 3 is 2.24 bits per heavy atom. The van der Waals surface area contributed by atoms with Gasteiger partial charge in [0.2, 0.25) is 5.91 Å². The Labute approximate surface area is 270 Å². The van der Waals surface area contributed by atoms with Gasteiger partial charge >= 0.3 is 11.9 Å². The second-order valence-electron chi connectivity index (χ2n) is 16.9.